The van der Waals surface area contributed by atoms with Gasteiger partial charge in [-0.25, -0.2) is 0 Å². The van der Waals surface area contributed by atoms with E-state index in [1.807, 2.05) is 24.3 Å². The molecule has 0 saturated heterocycles. The van der Waals surface area contributed by atoms with Gasteiger partial charge in [-0.05, 0) is 54.9 Å². The summed E-state index contributed by atoms with van der Waals surface area (Å²) in [6.45, 7) is 6.94. The zero-order valence-corrected chi connectivity index (χ0v) is 13.2. The van der Waals surface area contributed by atoms with E-state index >= 15 is 0 Å². The van der Waals surface area contributed by atoms with E-state index in [2.05, 4.69) is 26.1 Å². The fourth-order valence-electron chi connectivity index (χ4n) is 3.49. The van der Waals surface area contributed by atoms with Crippen molar-refractivity contribution in [3.8, 4) is 5.75 Å². The first-order valence-electron chi connectivity index (χ1n) is 7.62. The van der Waals surface area contributed by atoms with Gasteiger partial charge in [0, 0.05) is 11.7 Å². The number of rotatable bonds is 5. The standard InChI is InChI=1S/C17H26N2O2/c1-12-8-14(10-17(2,3)9-12)19-13-4-6-15(7-5-13)21-11-16(18)20/h4-7,12,14,19H,8-11H2,1-3H3,(H2,18,20). The fourth-order valence-corrected chi connectivity index (χ4v) is 3.49. The maximum absolute atomic E-state index is 10.7. The summed E-state index contributed by atoms with van der Waals surface area (Å²) in [4.78, 5) is 10.7. The molecule has 3 N–H and O–H groups in total. The van der Waals surface area contributed by atoms with E-state index in [1.54, 1.807) is 0 Å². The number of anilines is 1. The van der Waals surface area contributed by atoms with E-state index in [0.29, 0.717) is 17.2 Å². The quantitative estimate of drug-likeness (QED) is 0.875. The van der Waals surface area contributed by atoms with Crippen molar-refractivity contribution in [1.82, 2.24) is 0 Å². The van der Waals surface area contributed by atoms with Crippen LogP contribution in [0.4, 0.5) is 5.69 Å². The molecular formula is C17H26N2O2. The Labute approximate surface area is 127 Å². The summed E-state index contributed by atoms with van der Waals surface area (Å²) in [6, 6.07) is 8.22. The molecule has 1 aromatic rings. The fraction of sp³-hybridized carbons (Fsp3) is 0.588. The molecule has 1 aliphatic carbocycles. The monoisotopic (exact) mass is 290 g/mol. The molecule has 1 aliphatic rings. The second kappa shape index (κ2) is 6.37. The number of hydrogen-bond acceptors (Lipinski definition) is 3. The van der Waals surface area contributed by atoms with E-state index < -0.39 is 5.91 Å². The summed E-state index contributed by atoms with van der Waals surface area (Å²) in [6.07, 6.45) is 3.70. The Morgan fingerprint density at radius 1 is 1.33 bits per heavy atom. The van der Waals surface area contributed by atoms with Gasteiger partial charge in [-0.1, -0.05) is 20.8 Å². The third-order valence-corrected chi connectivity index (χ3v) is 3.99. The number of benzene rings is 1. The number of nitrogens with one attached hydrogen (secondary N) is 1. The van der Waals surface area contributed by atoms with Gasteiger partial charge in [0.25, 0.3) is 5.91 Å². The van der Waals surface area contributed by atoms with Gasteiger partial charge in [0.1, 0.15) is 5.75 Å². The molecule has 0 heterocycles. The molecular weight excluding hydrogens is 264 g/mol. The van der Waals surface area contributed by atoms with Crippen LogP contribution < -0.4 is 15.8 Å². The van der Waals surface area contributed by atoms with Crippen LogP contribution >= 0.6 is 0 Å². The first kappa shape index (κ1) is 15.7. The molecule has 0 aliphatic heterocycles. The van der Waals surface area contributed by atoms with Crippen LogP contribution in [-0.2, 0) is 4.79 Å². The molecule has 1 amide bonds. The number of primary amides is 1. The average Bonchev–Trinajstić information content (AvgIpc) is 2.35. The van der Waals surface area contributed by atoms with Gasteiger partial charge in [0.2, 0.25) is 0 Å². The number of amides is 1. The summed E-state index contributed by atoms with van der Waals surface area (Å²) >= 11 is 0. The maximum Gasteiger partial charge on any atom is 0.255 e. The number of carbonyl (C=O) groups is 1. The SMILES string of the molecule is CC1CC(Nc2ccc(OCC(N)=O)cc2)CC(C)(C)C1. The highest BCUT2D eigenvalue weighted by Gasteiger charge is 2.31. The van der Waals surface area contributed by atoms with E-state index in [9.17, 15) is 4.79 Å². The van der Waals surface area contributed by atoms with E-state index in [-0.39, 0.29) is 6.61 Å². The van der Waals surface area contributed by atoms with Crippen LogP contribution in [0.2, 0.25) is 0 Å². The largest absolute Gasteiger partial charge is 0.484 e. The minimum absolute atomic E-state index is 0.0822. The highest BCUT2D eigenvalue weighted by molar-refractivity contribution is 5.75. The van der Waals surface area contributed by atoms with Crippen molar-refractivity contribution in [1.29, 1.82) is 0 Å². The van der Waals surface area contributed by atoms with Crippen LogP contribution in [0.25, 0.3) is 0 Å². The smallest absolute Gasteiger partial charge is 0.255 e. The predicted octanol–water partition coefficient (Wildman–Crippen LogP) is 3.18. The van der Waals surface area contributed by atoms with Crippen LogP contribution in [0.3, 0.4) is 0 Å². The Hall–Kier alpha value is -1.71. The Balaban J connectivity index is 1.92. The van der Waals surface area contributed by atoms with Crippen molar-refractivity contribution in [2.45, 2.75) is 46.1 Å². The maximum atomic E-state index is 10.7. The van der Waals surface area contributed by atoms with Crippen molar-refractivity contribution in [3.63, 3.8) is 0 Å². The predicted molar refractivity (Wildman–Crippen MR) is 85.3 cm³/mol. The highest BCUT2D eigenvalue weighted by atomic mass is 16.5. The molecule has 2 unspecified atom stereocenters. The van der Waals surface area contributed by atoms with Crippen molar-refractivity contribution < 1.29 is 9.53 Å². The number of ether oxygens (including phenoxy) is 1. The lowest BCUT2D eigenvalue weighted by Crippen LogP contribution is -2.35. The minimum atomic E-state index is -0.462. The minimum Gasteiger partial charge on any atom is -0.484 e. The lowest BCUT2D eigenvalue weighted by molar-refractivity contribution is -0.119. The van der Waals surface area contributed by atoms with Crippen LogP contribution in [-0.4, -0.2) is 18.6 Å². The van der Waals surface area contributed by atoms with Crippen LogP contribution in [0.1, 0.15) is 40.0 Å². The Morgan fingerprint density at radius 3 is 2.57 bits per heavy atom. The summed E-state index contributed by atoms with van der Waals surface area (Å²) in [7, 11) is 0. The molecule has 21 heavy (non-hydrogen) atoms. The summed E-state index contributed by atoms with van der Waals surface area (Å²) in [5.41, 5.74) is 6.55. The van der Waals surface area contributed by atoms with Crippen LogP contribution in [0.5, 0.6) is 5.75 Å². The van der Waals surface area contributed by atoms with Gasteiger partial charge in [-0.2, -0.15) is 0 Å². The van der Waals surface area contributed by atoms with Gasteiger partial charge in [0.05, 0.1) is 0 Å². The number of hydrogen-bond donors (Lipinski definition) is 2. The Bertz CT molecular complexity index is 482. The second-order valence-corrected chi connectivity index (χ2v) is 7.03. The Morgan fingerprint density at radius 2 is 2.00 bits per heavy atom. The van der Waals surface area contributed by atoms with Gasteiger partial charge in [0.15, 0.2) is 6.61 Å². The molecule has 0 aromatic heterocycles. The third kappa shape index (κ3) is 4.96. The normalized spacial score (nSPS) is 24.3. The summed E-state index contributed by atoms with van der Waals surface area (Å²) < 4.78 is 5.26. The van der Waals surface area contributed by atoms with Crippen molar-refractivity contribution in [2.75, 3.05) is 11.9 Å². The van der Waals surface area contributed by atoms with Gasteiger partial charge in [-0.3, -0.25) is 4.79 Å². The molecule has 4 nitrogen and oxygen atoms in total. The molecule has 116 valence electrons. The van der Waals surface area contributed by atoms with Crippen LogP contribution in [0.15, 0.2) is 24.3 Å². The first-order valence-corrected chi connectivity index (χ1v) is 7.62. The average molecular weight is 290 g/mol. The molecule has 1 saturated carbocycles. The number of carbonyl (C=O) groups excluding carboxylic acids is 1. The topological polar surface area (TPSA) is 64.3 Å². The molecule has 1 aromatic carbocycles. The van der Waals surface area contributed by atoms with E-state index in [0.717, 1.165) is 11.6 Å². The highest BCUT2D eigenvalue weighted by Crippen LogP contribution is 2.39. The number of nitrogens with two attached hydrogens (primary N) is 1. The van der Waals surface area contributed by atoms with Gasteiger partial charge >= 0.3 is 0 Å². The molecule has 2 atom stereocenters. The molecule has 0 spiro atoms. The van der Waals surface area contributed by atoms with Crippen molar-refractivity contribution >= 4 is 11.6 Å². The van der Waals surface area contributed by atoms with Gasteiger partial charge < -0.3 is 15.8 Å². The molecule has 0 bridgehead atoms. The Kier molecular flexibility index (Phi) is 4.76. The molecule has 0 radical (unpaired) electrons. The van der Waals surface area contributed by atoms with Gasteiger partial charge in [-0.15, -0.1) is 0 Å². The molecule has 4 heteroatoms. The first-order chi connectivity index (χ1) is 9.84. The third-order valence-electron chi connectivity index (χ3n) is 3.99. The molecule has 2 rings (SSSR count). The van der Waals surface area contributed by atoms with E-state index in [1.165, 1.54) is 19.3 Å². The van der Waals surface area contributed by atoms with E-state index in [4.69, 9.17) is 10.5 Å². The molecule has 1 fully saturated rings. The summed E-state index contributed by atoms with van der Waals surface area (Å²) in [5.74, 6) is 0.955. The lowest BCUT2D eigenvalue weighted by Gasteiger charge is -2.39. The van der Waals surface area contributed by atoms with Crippen LogP contribution in [0, 0.1) is 11.3 Å². The lowest BCUT2D eigenvalue weighted by atomic mass is 9.70. The zero-order chi connectivity index (χ0) is 15.5. The zero-order valence-electron chi connectivity index (χ0n) is 13.2. The van der Waals surface area contributed by atoms with Crippen molar-refractivity contribution in [2.24, 2.45) is 17.1 Å². The summed E-state index contributed by atoms with van der Waals surface area (Å²) in [5, 5.41) is 3.61. The van der Waals surface area contributed by atoms with Crippen molar-refractivity contribution in [3.05, 3.63) is 24.3 Å². The second-order valence-electron chi connectivity index (χ2n) is 7.03.